The van der Waals surface area contributed by atoms with Crippen LogP contribution < -0.4 is 15.1 Å². The van der Waals surface area contributed by atoms with Gasteiger partial charge in [-0.05, 0) is 31.2 Å². The van der Waals surface area contributed by atoms with E-state index in [1.54, 1.807) is 4.90 Å². The van der Waals surface area contributed by atoms with E-state index >= 15 is 0 Å². The van der Waals surface area contributed by atoms with Crippen molar-refractivity contribution < 1.29 is 19.3 Å². The molecule has 0 saturated carbocycles. The Morgan fingerprint density at radius 2 is 1.70 bits per heavy atom. The lowest BCUT2D eigenvalue weighted by atomic mass is 10.1. The molecule has 0 bridgehead atoms. The van der Waals surface area contributed by atoms with Gasteiger partial charge in [-0.25, -0.2) is 0 Å². The first-order chi connectivity index (χ1) is 14.5. The lowest BCUT2D eigenvalue weighted by molar-refractivity contribution is -0.895. The Morgan fingerprint density at radius 3 is 2.43 bits per heavy atom. The van der Waals surface area contributed by atoms with Crippen LogP contribution in [0.4, 0.5) is 11.4 Å². The summed E-state index contributed by atoms with van der Waals surface area (Å²) in [5.74, 6) is -0.0319. The number of nitrogens with one attached hydrogen (secondary N) is 2. The van der Waals surface area contributed by atoms with E-state index in [1.165, 1.54) is 0 Å². The quantitative estimate of drug-likeness (QED) is 0.790. The minimum Gasteiger partial charge on any atom is -0.327 e. The Labute approximate surface area is 176 Å². The molecule has 3 amide bonds. The topological polar surface area (TPSA) is 74.2 Å². The highest BCUT2D eigenvalue weighted by molar-refractivity contribution is 6.04. The molecule has 0 aromatic heterocycles. The number of carbonyl (C=O) groups excluding carboxylic acids is 3. The van der Waals surface area contributed by atoms with Crippen LogP contribution in [0.3, 0.4) is 0 Å². The van der Waals surface area contributed by atoms with E-state index in [0.717, 1.165) is 23.7 Å². The molecule has 30 heavy (non-hydrogen) atoms. The molecule has 2 aromatic rings. The normalized spacial score (nSPS) is 19.6. The summed E-state index contributed by atoms with van der Waals surface area (Å²) >= 11 is 0. The summed E-state index contributed by atoms with van der Waals surface area (Å²) in [6.07, 6.45) is 0.273. The molecule has 2 aromatic carbocycles. The highest BCUT2D eigenvalue weighted by Crippen LogP contribution is 2.31. The molecule has 0 radical (unpaired) electrons. The third-order valence-corrected chi connectivity index (χ3v) is 5.81. The van der Waals surface area contributed by atoms with Gasteiger partial charge in [0.05, 0.1) is 37.6 Å². The lowest BCUT2D eigenvalue weighted by Gasteiger charge is -2.34. The fraction of sp³-hybridized carbons (Fsp3) is 0.348. The van der Waals surface area contributed by atoms with E-state index in [-0.39, 0.29) is 30.2 Å². The van der Waals surface area contributed by atoms with E-state index in [2.05, 4.69) is 5.32 Å². The molecule has 0 spiro atoms. The van der Waals surface area contributed by atoms with Gasteiger partial charge in [0.2, 0.25) is 5.91 Å². The maximum Gasteiger partial charge on any atom is 0.282 e. The Morgan fingerprint density at radius 1 is 1.03 bits per heavy atom. The predicted molar refractivity (Wildman–Crippen MR) is 115 cm³/mol. The molecule has 156 valence electrons. The van der Waals surface area contributed by atoms with Crippen molar-refractivity contribution in [3.8, 4) is 0 Å². The number of nitrogens with zero attached hydrogens (tertiary/aromatic N) is 2. The van der Waals surface area contributed by atoms with Gasteiger partial charge in [-0.1, -0.05) is 30.3 Å². The maximum atomic E-state index is 13.2. The van der Waals surface area contributed by atoms with Gasteiger partial charge in [0.15, 0.2) is 6.54 Å². The minimum atomic E-state index is -0.207. The number of carbonyl (C=O) groups is 3. The standard InChI is InChI=1S/C23H26N4O3/c1-17-15-21(28)24-19-9-5-6-10-20(19)27(17)22(29)16-25-11-13-26(14-12-25)23(30)18-7-3-2-4-8-18/h2-10,17H,11-16H2,1H3,(H,24,28)/p+1/t17-/m1/s1. The van der Waals surface area contributed by atoms with Crippen molar-refractivity contribution in [3.63, 3.8) is 0 Å². The molecule has 4 rings (SSSR count). The molecule has 0 aliphatic carbocycles. The smallest absolute Gasteiger partial charge is 0.282 e. The van der Waals surface area contributed by atoms with Crippen LogP contribution in [0.15, 0.2) is 54.6 Å². The lowest BCUT2D eigenvalue weighted by Crippen LogP contribution is -3.16. The van der Waals surface area contributed by atoms with Gasteiger partial charge in [-0.15, -0.1) is 0 Å². The number of quaternary nitrogens is 1. The van der Waals surface area contributed by atoms with Gasteiger partial charge in [-0.3, -0.25) is 14.4 Å². The molecular weight excluding hydrogens is 380 g/mol. The Hall–Kier alpha value is -3.19. The SMILES string of the molecule is C[C@@H]1CC(=O)Nc2ccccc2N1C(=O)C[NH+]1CCN(C(=O)c2ccccc2)CC1. The summed E-state index contributed by atoms with van der Waals surface area (Å²) < 4.78 is 0. The summed E-state index contributed by atoms with van der Waals surface area (Å²) in [4.78, 5) is 42.8. The number of benzene rings is 2. The molecule has 1 fully saturated rings. The van der Waals surface area contributed by atoms with Crippen LogP contribution in [0, 0.1) is 0 Å². The second-order valence-corrected chi connectivity index (χ2v) is 7.97. The van der Waals surface area contributed by atoms with Crippen molar-refractivity contribution in [2.45, 2.75) is 19.4 Å². The average molecular weight is 407 g/mol. The van der Waals surface area contributed by atoms with Crippen LogP contribution in [0.25, 0.3) is 0 Å². The van der Waals surface area contributed by atoms with Crippen molar-refractivity contribution in [1.29, 1.82) is 0 Å². The molecule has 0 unspecified atom stereocenters. The zero-order valence-electron chi connectivity index (χ0n) is 17.1. The Bertz CT molecular complexity index is 938. The third kappa shape index (κ3) is 4.21. The van der Waals surface area contributed by atoms with Gasteiger partial charge in [-0.2, -0.15) is 0 Å². The summed E-state index contributed by atoms with van der Waals surface area (Å²) in [5, 5.41) is 2.89. The maximum absolute atomic E-state index is 13.2. The molecule has 2 heterocycles. The first-order valence-corrected chi connectivity index (χ1v) is 10.4. The van der Waals surface area contributed by atoms with Crippen LogP contribution in [0.5, 0.6) is 0 Å². The third-order valence-electron chi connectivity index (χ3n) is 5.81. The summed E-state index contributed by atoms with van der Waals surface area (Å²) in [6, 6.07) is 16.5. The zero-order valence-corrected chi connectivity index (χ0v) is 17.1. The van der Waals surface area contributed by atoms with Crippen LogP contribution in [0.2, 0.25) is 0 Å². The molecule has 2 aliphatic heterocycles. The molecular formula is C23H27N4O3+. The van der Waals surface area contributed by atoms with Gasteiger partial charge in [0.1, 0.15) is 0 Å². The number of fused-ring (bicyclic) bond motifs is 1. The fourth-order valence-corrected chi connectivity index (χ4v) is 4.23. The fourth-order valence-electron chi connectivity index (χ4n) is 4.23. The van der Waals surface area contributed by atoms with Crippen molar-refractivity contribution in [1.82, 2.24) is 4.90 Å². The summed E-state index contributed by atoms with van der Waals surface area (Å²) in [6.45, 7) is 4.97. The average Bonchev–Trinajstić information content (AvgIpc) is 2.88. The Kier molecular flexibility index (Phi) is 5.81. The number of rotatable bonds is 3. The van der Waals surface area contributed by atoms with E-state index in [9.17, 15) is 14.4 Å². The molecule has 1 saturated heterocycles. The van der Waals surface area contributed by atoms with Crippen molar-refractivity contribution in [2.24, 2.45) is 0 Å². The number of hydrogen-bond acceptors (Lipinski definition) is 3. The first-order valence-electron chi connectivity index (χ1n) is 10.4. The summed E-state index contributed by atoms with van der Waals surface area (Å²) in [5.41, 5.74) is 2.12. The second kappa shape index (κ2) is 8.67. The molecule has 7 nitrogen and oxygen atoms in total. The van der Waals surface area contributed by atoms with Crippen molar-refractivity contribution in [3.05, 3.63) is 60.2 Å². The van der Waals surface area contributed by atoms with Gasteiger partial charge in [0.25, 0.3) is 11.8 Å². The number of anilines is 2. The van der Waals surface area contributed by atoms with Gasteiger partial charge >= 0.3 is 0 Å². The van der Waals surface area contributed by atoms with Crippen LogP contribution in [-0.2, 0) is 9.59 Å². The highest BCUT2D eigenvalue weighted by atomic mass is 16.2. The highest BCUT2D eigenvalue weighted by Gasteiger charge is 2.33. The molecule has 2 aliphatic rings. The predicted octanol–water partition coefficient (Wildman–Crippen LogP) is 0.791. The Balaban J connectivity index is 1.40. The molecule has 7 heteroatoms. The van der Waals surface area contributed by atoms with Crippen LogP contribution in [0.1, 0.15) is 23.7 Å². The largest absolute Gasteiger partial charge is 0.327 e. The number of piperazine rings is 1. The van der Waals surface area contributed by atoms with E-state index in [4.69, 9.17) is 0 Å². The number of amides is 3. The summed E-state index contributed by atoms with van der Waals surface area (Å²) in [7, 11) is 0. The monoisotopic (exact) mass is 407 g/mol. The van der Waals surface area contributed by atoms with Crippen LogP contribution in [-0.4, -0.2) is 61.4 Å². The van der Waals surface area contributed by atoms with E-state index in [0.29, 0.717) is 30.9 Å². The first kappa shape index (κ1) is 20.1. The number of para-hydroxylation sites is 2. The zero-order chi connectivity index (χ0) is 21.1. The second-order valence-electron chi connectivity index (χ2n) is 7.97. The van der Waals surface area contributed by atoms with Crippen LogP contribution >= 0.6 is 0 Å². The van der Waals surface area contributed by atoms with Crippen molar-refractivity contribution in [2.75, 3.05) is 42.9 Å². The minimum absolute atomic E-state index is 0.00397. The van der Waals surface area contributed by atoms with E-state index < -0.39 is 0 Å². The molecule has 2 N–H and O–H groups in total. The van der Waals surface area contributed by atoms with Crippen molar-refractivity contribution >= 4 is 29.1 Å². The van der Waals surface area contributed by atoms with E-state index in [1.807, 2.05) is 66.4 Å². The number of hydrogen-bond donors (Lipinski definition) is 2. The van der Waals surface area contributed by atoms with Gasteiger partial charge < -0.3 is 20.0 Å². The molecule has 1 atom stereocenters. The van der Waals surface area contributed by atoms with Gasteiger partial charge in [0, 0.05) is 18.0 Å².